The average molecular weight is 458 g/mol. The van der Waals surface area contributed by atoms with Gasteiger partial charge in [-0.25, -0.2) is 0 Å². The number of dihydropyridines is 1. The summed E-state index contributed by atoms with van der Waals surface area (Å²) < 4.78 is 11.8. The zero-order valence-electron chi connectivity index (χ0n) is 20.1. The minimum Gasteiger partial charge on any atom is -0.493 e. The van der Waals surface area contributed by atoms with Gasteiger partial charge in [0.1, 0.15) is 6.61 Å². The molecule has 34 heavy (non-hydrogen) atoms. The summed E-state index contributed by atoms with van der Waals surface area (Å²) in [6, 6.07) is 12.2. The van der Waals surface area contributed by atoms with Crippen molar-refractivity contribution in [1.82, 2.24) is 5.32 Å². The number of Topliss-reactive ketones (excluding diaryl/α,β-unsaturated/α-hetero) is 2. The zero-order chi connectivity index (χ0) is 23.8. The van der Waals surface area contributed by atoms with Gasteiger partial charge in [0.25, 0.3) is 0 Å². The van der Waals surface area contributed by atoms with Crippen LogP contribution in [0.4, 0.5) is 0 Å². The molecular weight excluding hydrogens is 426 g/mol. The predicted octanol–water partition coefficient (Wildman–Crippen LogP) is 5.59. The van der Waals surface area contributed by atoms with E-state index < -0.39 is 0 Å². The molecule has 2 aliphatic carbocycles. The van der Waals surface area contributed by atoms with Gasteiger partial charge in [0.05, 0.1) is 7.11 Å². The van der Waals surface area contributed by atoms with Crippen molar-refractivity contribution in [2.75, 3.05) is 7.11 Å². The molecule has 1 heterocycles. The maximum Gasteiger partial charge on any atom is 0.161 e. The van der Waals surface area contributed by atoms with E-state index in [1.165, 1.54) is 11.1 Å². The Balaban J connectivity index is 1.50. The summed E-state index contributed by atoms with van der Waals surface area (Å²) in [6.07, 6.45) is 4.45. The predicted molar refractivity (Wildman–Crippen MR) is 131 cm³/mol. The Bertz CT molecular complexity index is 1170. The summed E-state index contributed by atoms with van der Waals surface area (Å²) in [4.78, 5) is 26.1. The fourth-order valence-corrected chi connectivity index (χ4v) is 5.61. The number of nitrogens with one attached hydrogen (secondary N) is 1. The van der Waals surface area contributed by atoms with E-state index in [0.29, 0.717) is 30.9 Å². The van der Waals surface area contributed by atoms with Crippen molar-refractivity contribution >= 4 is 11.6 Å². The molecule has 0 atom stereocenters. The van der Waals surface area contributed by atoms with Crippen LogP contribution in [-0.2, 0) is 16.2 Å². The van der Waals surface area contributed by atoms with E-state index in [9.17, 15) is 9.59 Å². The number of ether oxygens (including phenoxy) is 2. The first-order valence-electron chi connectivity index (χ1n) is 12.1. The second-order valence-electron chi connectivity index (χ2n) is 9.59. The lowest BCUT2D eigenvalue weighted by atomic mass is 9.71. The molecule has 0 amide bonds. The van der Waals surface area contributed by atoms with Crippen LogP contribution in [0.15, 0.2) is 58.9 Å². The monoisotopic (exact) mass is 457 g/mol. The normalized spacial score (nSPS) is 18.4. The molecule has 1 N–H and O–H groups in total. The number of aryl methyl sites for hydroxylation is 2. The molecule has 0 radical (unpaired) electrons. The van der Waals surface area contributed by atoms with Gasteiger partial charge in [-0.1, -0.05) is 35.4 Å². The molecule has 0 unspecified atom stereocenters. The van der Waals surface area contributed by atoms with Gasteiger partial charge >= 0.3 is 0 Å². The van der Waals surface area contributed by atoms with E-state index in [4.69, 9.17) is 9.47 Å². The molecule has 0 saturated heterocycles. The number of hydrogen-bond acceptors (Lipinski definition) is 5. The SMILES string of the molecule is COc1cc(C2C3=C(CCCC3=O)NC3=C2C(=O)CCC3)ccc1OCc1cc(C)cc(C)c1. The Morgan fingerprint density at radius 2 is 1.44 bits per heavy atom. The Morgan fingerprint density at radius 1 is 0.824 bits per heavy atom. The first-order chi connectivity index (χ1) is 16.4. The number of carbonyl (C=O) groups excluding carboxylic acids is 2. The van der Waals surface area contributed by atoms with Crippen LogP contribution in [0.2, 0.25) is 0 Å². The van der Waals surface area contributed by atoms with Crippen molar-refractivity contribution in [3.63, 3.8) is 0 Å². The van der Waals surface area contributed by atoms with Gasteiger partial charge in [-0.05, 0) is 62.8 Å². The second-order valence-corrected chi connectivity index (χ2v) is 9.59. The highest BCUT2D eigenvalue weighted by Gasteiger charge is 2.40. The molecular formula is C29H31NO4. The van der Waals surface area contributed by atoms with Crippen molar-refractivity contribution < 1.29 is 19.1 Å². The molecule has 2 aromatic carbocycles. The van der Waals surface area contributed by atoms with Crippen molar-refractivity contribution in [1.29, 1.82) is 0 Å². The Kier molecular flexibility index (Phi) is 6.03. The quantitative estimate of drug-likeness (QED) is 0.634. The highest BCUT2D eigenvalue weighted by molar-refractivity contribution is 6.06. The summed E-state index contributed by atoms with van der Waals surface area (Å²) in [5.74, 6) is 1.19. The molecule has 2 aromatic rings. The van der Waals surface area contributed by atoms with Crippen LogP contribution in [0.5, 0.6) is 11.5 Å². The molecule has 5 rings (SSSR count). The largest absolute Gasteiger partial charge is 0.493 e. The smallest absolute Gasteiger partial charge is 0.161 e. The van der Waals surface area contributed by atoms with Crippen molar-refractivity contribution in [2.24, 2.45) is 0 Å². The van der Waals surface area contributed by atoms with E-state index in [0.717, 1.165) is 59.4 Å². The van der Waals surface area contributed by atoms with E-state index in [2.05, 4.69) is 37.4 Å². The van der Waals surface area contributed by atoms with Crippen LogP contribution in [-0.4, -0.2) is 18.7 Å². The first kappa shape index (κ1) is 22.5. The van der Waals surface area contributed by atoms with Crippen LogP contribution < -0.4 is 14.8 Å². The maximum absolute atomic E-state index is 13.0. The Labute approximate surface area is 200 Å². The van der Waals surface area contributed by atoms with Crippen LogP contribution in [0.25, 0.3) is 0 Å². The van der Waals surface area contributed by atoms with Crippen LogP contribution in [0.3, 0.4) is 0 Å². The van der Waals surface area contributed by atoms with Crippen molar-refractivity contribution in [3.8, 4) is 11.5 Å². The molecule has 0 bridgehead atoms. The maximum atomic E-state index is 13.0. The number of rotatable bonds is 5. The Hall–Kier alpha value is -3.34. The summed E-state index contributed by atoms with van der Waals surface area (Å²) in [6.45, 7) is 4.60. The highest BCUT2D eigenvalue weighted by Crippen LogP contribution is 2.46. The van der Waals surface area contributed by atoms with Gasteiger partial charge in [0.2, 0.25) is 0 Å². The first-order valence-corrected chi connectivity index (χ1v) is 12.1. The molecule has 176 valence electrons. The van der Waals surface area contributed by atoms with Gasteiger partial charge < -0.3 is 14.8 Å². The zero-order valence-corrected chi connectivity index (χ0v) is 20.1. The number of benzene rings is 2. The lowest BCUT2D eigenvalue weighted by Crippen LogP contribution is -2.36. The van der Waals surface area contributed by atoms with E-state index in [1.807, 2.05) is 18.2 Å². The van der Waals surface area contributed by atoms with Gasteiger partial charge in [-0.2, -0.15) is 0 Å². The highest BCUT2D eigenvalue weighted by atomic mass is 16.5. The number of allylic oxidation sites excluding steroid dienone is 4. The molecule has 1 aliphatic heterocycles. The van der Waals surface area contributed by atoms with Crippen LogP contribution >= 0.6 is 0 Å². The number of hydrogen-bond donors (Lipinski definition) is 1. The molecule has 0 spiro atoms. The summed E-state index contributed by atoms with van der Waals surface area (Å²) in [7, 11) is 1.62. The number of methoxy groups -OCH3 is 1. The fraction of sp³-hybridized carbons (Fsp3) is 0.379. The summed E-state index contributed by atoms with van der Waals surface area (Å²) in [5, 5.41) is 3.47. The van der Waals surface area contributed by atoms with E-state index in [-0.39, 0.29) is 17.5 Å². The van der Waals surface area contributed by atoms with Gasteiger partial charge in [-0.15, -0.1) is 0 Å². The van der Waals surface area contributed by atoms with Gasteiger partial charge in [0, 0.05) is 41.3 Å². The average Bonchev–Trinajstić information content (AvgIpc) is 2.81. The minimum absolute atomic E-state index is 0.137. The summed E-state index contributed by atoms with van der Waals surface area (Å²) in [5.41, 5.74) is 7.91. The topological polar surface area (TPSA) is 64.6 Å². The van der Waals surface area contributed by atoms with Crippen LogP contribution in [0.1, 0.15) is 66.7 Å². The lowest BCUT2D eigenvalue weighted by Gasteiger charge is -2.37. The summed E-state index contributed by atoms with van der Waals surface area (Å²) >= 11 is 0. The fourth-order valence-electron chi connectivity index (χ4n) is 5.61. The van der Waals surface area contributed by atoms with Crippen molar-refractivity contribution in [3.05, 3.63) is 81.2 Å². The molecule has 5 nitrogen and oxygen atoms in total. The standard InChI is InChI=1S/C29H31NO4/c1-17-12-18(2)14-19(13-17)16-34-25-11-10-20(15-26(25)33-3)27-28-21(6-4-8-23(28)31)30-22-7-5-9-24(32)29(22)27/h10-15,27,30H,4-9,16H2,1-3H3. The second kappa shape index (κ2) is 9.13. The third kappa shape index (κ3) is 4.15. The Morgan fingerprint density at radius 3 is 2.03 bits per heavy atom. The van der Waals surface area contributed by atoms with E-state index >= 15 is 0 Å². The van der Waals surface area contributed by atoms with Gasteiger partial charge in [0.15, 0.2) is 23.1 Å². The number of carbonyl (C=O) groups is 2. The minimum atomic E-state index is -0.339. The molecule has 0 fully saturated rings. The molecule has 0 aromatic heterocycles. The third-order valence-electron chi connectivity index (χ3n) is 6.99. The molecule has 3 aliphatic rings. The third-order valence-corrected chi connectivity index (χ3v) is 6.99. The molecule has 0 saturated carbocycles. The van der Waals surface area contributed by atoms with E-state index in [1.54, 1.807) is 7.11 Å². The van der Waals surface area contributed by atoms with Gasteiger partial charge in [-0.3, -0.25) is 9.59 Å². The number of ketones is 2. The van der Waals surface area contributed by atoms with Crippen molar-refractivity contribution in [2.45, 2.75) is 64.9 Å². The lowest BCUT2D eigenvalue weighted by molar-refractivity contribution is -0.116. The van der Waals surface area contributed by atoms with Crippen LogP contribution in [0, 0.1) is 13.8 Å². The molecule has 5 heteroatoms.